The van der Waals surface area contributed by atoms with E-state index in [1.54, 1.807) is 29.2 Å². The predicted molar refractivity (Wildman–Crippen MR) is 146 cm³/mol. The minimum Gasteiger partial charge on any atom is -0.347 e. The molecule has 5 heterocycles. The highest BCUT2D eigenvalue weighted by Gasteiger charge is 2.26. The van der Waals surface area contributed by atoms with Crippen molar-refractivity contribution < 1.29 is 4.79 Å². The molecule has 0 atom stereocenters. The van der Waals surface area contributed by atoms with Gasteiger partial charge >= 0.3 is 0 Å². The normalized spacial score (nSPS) is 12.9. The predicted octanol–water partition coefficient (Wildman–Crippen LogP) is 4.26. The second-order valence-electron chi connectivity index (χ2n) is 9.57. The zero-order chi connectivity index (χ0) is 26.8. The molecule has 0 unspecified atom stereocenters. The summed E-state index contributed by atoms with van der Waals surface area (Å²) >= 11 is 0. The summed E-state index contributed by atoms with van der Waals surface area (Å²) in [7, 11) is 0. The van der Waals surface area contributed by atoms with Crippen LogP contribution in [0.4, 0.5) is 11.6 Å². The van der Waals surface area contributed by atoms with Crippen LogP contribution in [0.2, 0.25) is 0 Å². The van der Waals surface area contributed by atoms with E-state index in [4.69, 9.17) is 0 Å². The first-order chi connectivity index (χ1) is 19.0. The van der Waals surface area contributed by atoms with Gasteiger partial charge in [-0.2, -0.15) is 10.2 Å². The highest BCUT2D eigenvalue weighted by Crippen LogP contribution is 2.39. The molecule has 196 valence electrons. The number of hydrogen-bond donors (Lipinski definition) is 3. The Kier molecular flexibility index (Phi) is 6.54. The lowest BCUT2D eigenvalue weighted by Crippen LogP contribution is -2.23. The summed E-state index contributed by atoms with van der Waals surface area (Å²) in [6, 6.07) is 13.1. The summed E-state index contributed by atoms with van der Waals surface area (Å²) in [6.45, 7) is 4.29. The Hall–Kier alpha value is -4.93. The molecule has 1 aliphatic rings. The molecular weight excluding hydrogens is 492 g/mol. The van der Waals surface area contributed by atoms with E-state index in [0.717, 1.165) is 34.9 Å². The summed E-state index contributed by atoms with van der Waals surface area (Å²) in [6.07, 6.45) is 8.58. The maximum absolute atomic E-state index is 12.7. The molecule has 1 amide bonds. The zero-order valence-corrected chi connectivity index (χ0v) is 21.7. The van der Waals surface area contributed by atoms with Crippen molar-refractivity contribution in [3.8, 4) is 17.2 Å². The molecule has 0 aromatic carbocycles. The standard InChI is InChI=1S/C28H28N10O/c1-3-21-13-25(36-35-21)33-24-12-17(2)32-27(34-24)20-7-8-23(29-16-20)28(39)31-15-18-4-9-26(30-14-18)38-11-10-22(37-38)19-5-6-19/h4,7-14,16,19H,3,5-6,15H2,1-2H3,(H,31,39)(H2,32,33,34,35,36). The minimum absolute atomic E-state index is 0.274. The van der Waals surface area contributed by atoms with Crippen molar-refractivity contribution in [2.24, 2.45) is 0 Å². The molecule has 3 N–H and O–H groups in total. The Morgan fingerprint density at radius 3 is 2.67 bits per heavy atom. The fourth-order valence-electron chi connectivity index (χ4n) is 4.15. The Morgan fingerprint density at radius 1 is 1.05 bits per heavy atom. The fraction of sp³-hybridized carbons (Fsp3) is 0.250. The lowest BCUT2D eigenvalue weighted by atomic mass is 10.2. The lowest BCUT2D eigenvalue weighted by molar-refractivity contribution is 0.0946. The van der Waals surface area contributed by atoms with Crippen LogP contribution in [0.5, 0.6) is 0 Å². The molecule has 39 heavy (non-hydrogen) atoms. The number of H-pyrrole nitrogens is 1. The minimum atomic E-state index is -0.274. The van der Waals surface area contributed by atoms with Gasteiger partial charge in [0.1, 0.15) is 11.5 Å². The van der Waals surface area contributed by atoms with E-state index in [2.05, 4.69) is 58.9 Å². The first kappa shape index (κ1) is 24.4. The third kappa shape index (κ3) is 5.66. The van der Waals surface area contributed by atoms with Crippen LogP contribution in [0.1, 0.15) is 58.8 Å². The van der Waals surface area contributed by atoms with Crippen molar-refractivity contribution in [2.75, 3.05) is 5.32 Å². The van der Waals surface area contributed by atoms with E-state index >= 15 is 0 Å². The first-order valence-corrected chi connectivity index (χ1v) is 13.0. The molecule has 1 saturated carbocycles. The second kappa shape index (κ2) is 10.4. The van der Waals surface area contributed by atoms with Gasteiger partial charge in [-0.3, -0.25) is 14.9 Å². The molecule has 11 heteroatoms. The Labute approximate surface area is 225 Å². The Bertz CT molecular complexity index is 1600. The SMILES string of the molecule is CCc1cc(Nc2cc(C)nc(-c3ccc(C(=O)NCc4ccc(-n5ccc(C6CC6)n5)nc4)nc3)n2)n[nH]1. The van der Waals surface area contributed by atoms with Gasteiger partial charge in [0, 0.05) is 60.1 Å². The van der Waals surface area contributed by atoms with Crippen LogP contribution >= 0.6 is 0 Å². The molecule has 5 aromatic heterocycles. The number of aryl methyl sites for hydroxylation is 2. The van der Waals surface area contributed by atoms with Crippen molar-refractivity contribution in [3.63, 3.8) is 0 Å². The summed E-state index contributed by atoms with van der Waals surface area (Å²) in [5, 5.41) is 17.9. The Morgan fingerprint density at radius 2 is 1.95 bits per heavy atom. The third-order valence-corrected chi connectivity index (χ3v) is 6.48. The summed E-state index contributed by atoms with van der Waals surface area (Å²) in [4.78, 5) is 30.7. The van der Waals surface area contributed by atoms with Gasteiger partial charge in [-0.15, -0.1) is 0 Å². The van der Waals surface area contributed by atoms with Gasteiger partial charge in [0.2, 0.25) is 0 Å². The topological polar surface area (TPSA) is 139 Å². The van der Waals surface area contributed by atoms with Crippen molar-refractivity contribution >= 4 is 17.5 Å². The van der Waals surface area contributed by atoms with E-state index in [1.807, 2.05) is 37.4 Å². The maximum Gasteiger partial charge on any atom is 0.270 e. The van der Waals surface area contributed by atoms with E-state index in [0.29, 0.717) is 41.2 Å². The van der Waals surface area contributed by atoms with Crippen molar-refractivity contribution in [1.29, 1.82) is 0 Å². The fourth-order valence-corrected chi connectivity index (χ4v) is 4.15. The molecule has 1 fully saturated rings. The van der Waals surface area contributed by atoms with Gasteiger partial charge in [-0.1, -0.05) is 13.0 Å². The average molecular weight is 521 g/mol. The van der Waals surface area contributed by atoms with Crippen LogP contribution in [-0.4, -0.2) is 45.8 Å². The van der Waals surface area contributed by atoms with E-state index in [1.165, 1.54) is 12.8 Å². The van der Waals surface area contributed by atoms with E-state index < -0.39 is 0 Å². The van der Waals surface area contributed by atoms with Gasteiger partial charge < -0.3 is 10.6 Å². The number of amides is 1. The van der Waals surface area contributed by atoms with Gasteiger partial charge in [0.05, 0.1) is 5.69 Å². The number of rotatable bonds is 9. The highest BCUT2D eigenvalue weighted by molar-refractivity contribution is 5.92. The smallest absolute Gasteiger partial charge is 0.270 e. The molecule has 0 bridgehead atoms. The number of anilines is 2. The summed E-state index contributed by atoms with van der Waals surface area (Å²) < 4.78 is 1.79. The second-order valence-corrected chi connectivity index (χ2v) is 9.57. The van der Waals surface area contributed by atoms with E-state index in [-0.39, 0.29) is 5.91 Å². The lowest BCUT2D eigenvalue weighted by Gasteiger charge is -2.08. The number of hydrogen-bond acceptors (Lipinski definition) is 8. The maximum atomic E-state index is 12.7. The van der Waals surface area contributed by atoms with Crippen LogP contribution in [-0.2, 0) is 13.0 Å². The third-order valence-electron chi connectivity index (χ3n) is 6.48. The molecule has 0 spiro atoms. The number of pyridine rings is 2. The van der Waals surface area contributed by atoms with Crippen molar-refractivity contribution in [2.45, 2.75) is 45.6 Å². The molecular formula is C28H28N10O. The number of nitrogens with one attached hydrogen (secondary N) is 3. The number of carbonyl (C=O) groups is 1. The van der Waals surface area contributed by atoms with Crippen LogP contribution in [0.15, 0.2) is 61.1 Å². The molecule has 5 aromatic rings. The molecule has 1 aliphatic carbocycles. The van der Waals surface area contributed by atoms with Gasteiger partial charge in [-0.25, -0.2) is 19.6 Å². The van der Waals surface area contributed by atoms with E-state index in [9.17, 15) is 4.79 Å². The number of nitrogens with zero attached hydrogens (tertiary/aromatic N) is 7. The van der Waals surface area contributed by atoms with Crippen LogP contribution in [0, 0.1) is 6.92 Å². The van der Waals surface area contributed by atoms with Gasteiger partial charge in [0.15, 0.2) is 17.5 Å². The van der Waals surface area contributed by atoms with Crippen molar-refractivity contribution in [3.05, 3.63) is 89.4 Å². The number of aromatic amines is 1. The largest absolute Gasteiger partial charge is 0.347 e. The molecule has 11 nitrogen and oxygen atoms in total. The first-order valence-electron chi connectivity index (χ1n) is 13.0. The summed E-state index contributed by atoms with van der Waals surface area (Å²) in [5.74, 6) is 2.91. The quantitative estimate of drug-likeness (QED) is 0.262. The molecule has 6 rings (SSSR count). The van der Waals surface area contributed by atoms with Crippen LogP contribution in [0.25, 0.3) is 17.2 Å². The molecule has 0 radical (unpaired) electrons. The number of aromatic nitrogens is 8. The van der Waals surface area contributed by atoms with Gasteiger partial charge in [0.25, 0.3) is 5.91 Å². The molecule has 0 aliphatic heterocycles. The highest BCUT2D eigenvalue weighted by atomic mass is 16.1. The summed E-state index contributed by atoms with van der Waals surface area (Å²) in [5.41, 5.74) is 4.85. The van der Waals surface area contributed by atoms with Crippen molar-refractivity contribution in [1.82, 2.24) is 45.2 Å². The van der Waals surface area contributed by atoms with Crippen LogP contribution < -0.4 is 10.6 Å². The Balaban J connectivity index is 1.07. The number of carbonyl (C=O) groups excluding carboxylic acids is 1. The van der Waals surface area contributed by atoms with Crippen LogP contribution in [0.3, 0.4) is 0 Å². The van der Waals surface area contributed by atoms with Gasteiger partial charge in [-0.05, 0) is 56.0 Å². The zero-order valence-electron chi connectivity index (χ0n) is 21.7. The molecule has 0 saturated heterocycles. The average Bonchev–Trinajstić information content (AvgIpc) is 3.51. The monoisotopic (exact) mass is 520 g/mol.